The molecule has 188 valence electrons. The summed E-state index contributed by atoms with van der Waals surface area (Å²) in [7, 11) is 5.02. The van der Waals surface area contributed by atoms with E-state index in [1.807, 2.05) is 12.1 Å². The summed E-state index contributed by atoms with van der Waals surface area (Å²) in [5, 5.41) is 8.33. The molecule has 4 fully saturated rings. The molecule has 6 rings (SSSR count). The standard InChI is InChI=1S/C25H33N5O5/c1-16-24(13-25(16,14-24)22(31)33-4)15-35-18-9-10-19(26-11-18)21-20(30(3)28-27-21)12-34-23(32)29(2)17-7-5-6-8-17/h9-11,16-17H,5-8,12-15H2,1-4H3/t16-,24?,25?/m1/s1. The molecule has 0 saturated heterocycles. The first kappa shape index (κ1) is 23.6. The van der Waals surface area contributed by atoms with Crippen LogP contribution in [0.1, 0.15) is 51.1 Å². The van der Waals surface area contributed by atoms with Crippen LogP contribution in [-0.2, 0) is 27.9 Å². The molecule has 4 aliphatic rings. The maximum atomic E-state index is 12.5. The van der Waals surface area contributed by atoms with Crippen molar-refractivity contribution in [3.05, 3.63) is 24.0 Å². The number of esters is 1. The number of nitrogens with zero attached hydrogens (tertiary/aromatic N) is 5. The summed E-state index contributed by atoms with van der Waals surface area (Å²) in [6.45, 7) is 2.72. The quantitative estimate of drug-likeness (QED) is 0.526. The highest BCUT2D eigenvalue weighted by Gasteiger charge is 2.77. The second-order valence-corrected chi connectivity index (χ2v) is 10.4. The highest BCUT2D eigenvalue weighted by Crippen LogP contribution is 2.77. The third kappa shape index (κ3) is 3.83. The lowest BCUT2D eigenvalue weighted by Crippen LogP contribution is -2.74. The Morgan fingerprint density at radius 1 is 1.23 bits per heavy atom. The first-order chi connectivity index (χ1) is 16.8. The van der Waals surface area contributed by atoms with E-state index in [1.165, 1.54) is 7.11 Å². The topological polar surface area (TPSA) is 109 Å². The average molecular weight is 484 g/mol. The molecule has 1 amide bonds. The third-order valence-corrected chi connectivity index (χ3v) is 8.62. The number of pyridine rings is 1. The van der Waals surface area contributed by atoms with Gasteiger partial charge in [-0.3, -0.25) is 9.78 Å². The van der Waals surface area contributed by atoms with Crippen LogP contribution in [0.2, 0.25) is 0 Å². The number of rotatable bonds is 8. The van der Waals surface area contributed by atoms with Gasteiger partial charge < -0.3 is 19.1 Å². The van der Waals surface area contributed by atoms with Crippen molar-refractivity contribution < 1.29 is 23.8 Å². The van der Waals surface area contributed by atoms with Crippen molar-refractivity contribution in [3.63, 3.8) is 0 Å². The summed E-state index contributed by atoms with van der Waals surface area (Å²) in [4.78, 5) is 30.8. The Bertz CT molecular complexity index is 1100. The van der Waals surface area contributed by atoms with Crippen molar-refractivity contribution in [1.82, 2.24) is 24.9 Å². The monoisotopic (exact) mass is 483 g/mol. The Balaban J connectivity index is 1.18. The van der Waals surface area contributed by atoms with E-state index in [0.717, 1.165) is 38.5 Å². The maximum Gasteiger partial charge on any atom is 0.410 e. The zero-order chi connectivity index (χ0) is 24.8. The van der Waals surface area contributed by atoms with E-state index in [2.05, 4.69) is 22.2 Å². The number of hydrogen-bond acceptors (Lipinski definition) is 8. The molecule has 0 aliphatic heterocycles. The van der Waals surface area contributed by atoms with Gasteiger partial charge >= 0.3 is 12.1 Å². The Kier molecular flexibility index (Phi) is 5.93. The van der Waals surface area contributed by atoms with Gasteiger partial charge in [0.2, 0.25) is 0 Å². The van der Waals surface area contributed by atoms with Gasteiger partial charge in [-0.15, -0.1) is 5.10 Å². The smallest absolute Gasteiger partial charge is 0.410 e. The van der Waals surface area contributed by atoms with Gasteiger partial charge in [-0.25, -0.2) is 9.48 Å². The fourth-order valence-electron chi connectivity index (χ4n) is 6.14. The minimum Gasteiger partial charge on any atom is -0.491 e. The molecule has 4 aliphatic carbocycles. The SMILES string of the molecule is COC(=O)C12CC(COc3ccc(-c4nnn(C)c4COC(=O)N(C)C4CCCC4)nc3)(C1)[C@H]2C. The molecule has 2 aromatic rings. The van der Waals surface area contributed by atoms with E-state index in [4.69, 9.17) is 14.2 Å². The minimum absolute atomic E-state index is 0.0421. The summed E-state index contributed by atoms with van der Waals surface area (Å²) >= 11 is 0. The van der Waals surface area contributed by atoms with Crippen molar-refractivity contribution in [2.75, 3.05) is 20.8 Å². The van der Waals surface area contributed by atoms with Crippen LogP contribution in [0.5, 0.6) is 5.75 Å². The fraction of sp³-hybridized carbons (Fsp3) is 0.640. The first-order valence-electron chi connectivity index (χ1n) is 12.3. The van der Waals surface area contributed by atoms with Crippen LogP contribution in [0.3, 0.4) is 0 Å². The van der Waals surface area contributed by atoms with E-state index in [0.29, 0.717) is 29.4 Å². The number of aromatic nitrogens is 4. The second kappa shape index (κ2) is 8.80. The van der Waals surface area contributed by atoms with Crippen LogP contribution in [0.15, 0.2) is 18.3 Å². The minimum atomic E-state index is -0.336. The zero-order valence-electron chi connectivity index (χ0n) is 20.8. The lowest BCUT2D eigenvalue weighted by Gasteiger charge is -2.73. The second-order valence-electron chi connectivity index (χ2n) is 10.4. The Labute approximate surface area is 204 Å². The first-order valence-corrected chi connectivity index (χ1v) is 12.3. The maximum absolute atomic E-state index is 12.5. The number of ether oxygens (including phenoxy) is 3. The predicted octanol–water partition coefficient (Wildman–Crippen LogP) is 3.36. The normalized spacial score (nSPS) is 27.0. The van der Waals surface area contributed by atoms with Crippen molar-refractivity contribution in [2.45, 2.75) is 58.1 Å². The molecule has 1 atom stereocenters. The van der Waals surface area contributed by atoms with E-state index in [1.54, 1.807) is 29.9 Å². The van der Waals surface area contributed by atoms with E-state index in [9.17, 15) is 9.59 Å². The third-order valence-electron chi connectivity index (χ3n) is 8.62. The fourth-order valence-corrected chi connectivity index (χ4v) is 6.14. The average Bonchev–Trinajstić information content (AvgIpc) is 3.51. The van der Waals surface area contributed by atoms with Crippen LogP contribution in [0, 0.1) is 16.7 Å². The van der Waals surface area contributed by atoms with E-state index >= 15 is 0 Å². The van der Waals surface area contributed by atoms with Gasteiger partial charge in [0.1, 0.15) is 23.7 Å². The van der Waals surface area contributed by atoms with Gasteiger partial charge in [-0.2, -0.15) is 0 Å². The van der Waals surface area contributed by atoms with Gasteiger partial charge in [0, 0.05) is 25.6 Å². The molecule has 35 heavy (non-hydrogen) atoms. The van der Waals surface area contributed by atoms with Crippen LogP contribution in [-0.4, -0.2) is 63.7 Å². The number of hydrogen-bond donors (Lipinski definition) is 0. The molecule has 10 nitrogen and oxygen atoms in total. The summed E-state index contributed by atoms with van der Waals surface area (Å²) in [6, 6.07) is 3.93. The van der Waals surface area contributed by atoms with Crippen LogP contribution in [0.4, 0.5) is 4.79 Å². The number of aryl methyl sites for hydroxylation is 1. The molecular weight excluding hydrogens is 450 g/mol. The molecule has 0 radical (unpaired) electrons. The van der Waals surface area contributed by atoms with Crippen LogP contribution >= 0.6 is 0 Å². The highest BCUT2D eigenvalue weighted by molar-refractivity contribution is 5.82. The highest BCUT2D eigenvalue weighted by atomic mass is 16.6. The lowest BCUT2D eigenvalue weighted by molar-refractivity contribution is -0.278. The van der Waals surface area contributed by atoms with Gasteiger partial charge in [0.15, 0.2) is 0 Å². The van der Waals surface area contributed by atoms with Gasteiger partial charge in [-0.1, -0.05) is 25.0 Å². The molecule has 2 aromatic heterocycles. The van der Waals surface area contributed by atoms with Gasteiger partial charge in [-0.05, 0) is 43.7 Å². The van der Waals surface area contributed by atoms with E-state index in [-0.39, 0.29) is 41.5 Å². The Hall–Kier alpha value is -3.17. The molecular formula is C25H33N5O5. The molecule has 2 heterocycles. The Morgan fingerprint density at radius 2 is 1.97 bits per heavy atom. The van der Waals surface area contributed by atoms with Crippen molar-refractivity contribution in [3.8, 4) is 17.1 Å². The number of carbonyl (C=O) groups is 2. The van der Waals surface area contributed by atoms with Crippen LogP contribution in [0.25, 0.3) is 11.4 Å². The molecule has 10 heteroatoms. The Morgan fingerprint density at radius 3 is 2.60 bits per heavy atom. The summed E-state index contributed by atoms with van der Waals surface area (Å²) < 4.78 is 18.2. The van der Waals surface area contributed by atoms with Crippen molar-refractivity contribution in [2.24, 2.45) is 23.8 Å². The molecule has 0 N–H and O–H groups in total. The predicted molar refractivity (Wildman–Crippen MR) is 125 cm³/mol. The molecule has 0 spiro atoms. The van der Waals surface area contributed by atoms with Gasteiger partial charge in [0.05, 0.1) is 31.0 Å². The molecule has 4 saturated carbocycles. The van der Waals surface area contributed by atoms with E-state index < -0.39 is 0 Å². The van der Waals surface area contributed by atoms with Crippen LogP contribution < -0.4 is 4.74 Å². The van der Waals surface area contributed by atoms with Crippen molar-refractivity contribution in [1.29, 1.82) is 0 Å². The van der Waals surface area contributed by atoms with Crippen molar-refractivity contribution >= 4 is 12.1 Å². The number of carbonyl (C=O) groups excluding carboxylic acids is 2. The summed E-state index contributed by atoms with van der Waals surface area (Å²) in [5.74, 6) is 0.814. The largest absolute Gasteiger partial charge is 0.491 e. The summed E-state index contributed by atoms with van der Waals surface area (Å²) in [6.07, 6.45) is 7.31. The lowest BCUT2D eigenvalue weighted by atomic mass is 9.29. The zero-order valence-corrected chi connectivity index (χ0v) is 20.8. The number of methoxy groups -OCH3 is 1. The molecule has 0 aromatic carbocycles. The number of amides is 1. The van der Waals surface area contributed by atoms with Gasteiger partial charge in [0.25, 0.3) is 0 Å². The molecule has 0 unspecified atom stereocenters. The molecule has 2 bridgehead atoms. The summed E-state index contributed by atoms with van der Waals surface area (Å²) in [5.41, 5.74) is 1.61.